The number of rotatable bonds is 4. The fourth-order valence-corrected chi connectivity index (χ4v) is 3.72. The van der Waals surface area contributed by atoms with Crippen LogP contribution in [0.25, 0.3) is 11.1 Å². The summed E-state index contributed by atoms with van der Waals surface area (Å²) >= 11 is 5.35. The summed E-state index contributed by atoms with van der Waals surface area (Å²) in [6, 6.07) is 17.9. The van der Waals surface area contributed by atoms with Gasteiger partial charge in [-0.1, -0.05) is 24.3 Å². The number of aromatic hydroxyl groups is 1. The van der Waals surface area contributed by atoms with Crippen LogP contribution < -0.4 is 10.1 Å². The van der Waals surface area contributed by atoms with Crippen molar-refractivity contribution in [2.75, 3.05) is 14.2 Å². The van der Waals surface area contributed by atoms with Crippen molar-refractivity contribution < 1.29 is 14.6 Å². The van der Waals surface area contributed by atoms with Crippen molar-refractivity contribution in [3.63, 3.8) is 0 Å². The number of methoxy groups -OCH3 is 1. The second-order valence-electron chi connectivity index (χ2n) is 6.75. The molecule has 1 atom stereocenters. The zero-order chi connectivity index (χ0) is 20.6. The highest BCUT2D eigenvalue weighted by Crippen LogP contribution is 2.37. The molecule has 1 fully saturated rings. The number of carbonyl (C=O) groups excluding carboxylic acids is 1. The van der Waals surface area contributed by atoms with E-state index in [0.717, 1.165) is 16.9 Å². The van der Waals surface area contributed by atoms with E-state index in [1.807, 2.05) is 36.4 Å². The van der Waals surface area contributed by atoms with Gasteiger partial charge in [-0.3, -0.25) is 14.7 Å². The number of hydrogen-bond donors (Lipinski definition) is 2. The highest BCUT2D eigenvalue weighted by Gasteiger charge is 2.52. The van der Waals surface area contributed by atoms with Crippen molar-refractivity contribution in [1.82, 2.24) is 15.2 Å². The summed E-state index contributed by atoms with van der Waals surface area (Å²) < 4.78 is 5.32. The van der Waals surface area contributed by atoms with E-state index < -0.39 is 5.54 Å². The van der Waals surface area contributed by atoms with E-state index in [1.54, 1.807) is 44.6 Å². The van der Waals surface area contributed by atoms with Crippen LogP contribution in [0.5, 0.6) is 11.5 Å². The molecule has 0 spiro atoms. The van der Waals surface area contributed by atoms with Crippen LogP contribution in [0.15, 0.2) is 66.9 Å². The number of pyridine rings is 1. The van der Waals surface area contributed by atoms with Crippen LogP contribution in [0.1, 0.15) is 11.3 Å². The van der Waals surface area contributed by atoms with E-state index >= 15 is 0 Å². The summed E-state index contributed by atoms with van der Waals surface area (Å²) in [6.45, 7) is 0. The van der Waals surface area contributed by atoms with Gasteiger partial charge in [-0.15, -0.1) is 0 Å². The first kappa shape index (κ1) is 18.9. The minimum absolute atomic E-state index is 0.114. The summed E-state index contributed by atoms with van der Waals surface area (Å²) in [4.78, 5) is 19.2. The first-order valence-corrected chi connectivity index (χ1v) is 9.37. The molecular weight excluding hydrogens is 386 g/mol. The van der Waals surface area contributed by atoms with Gasteiger partial charge in [0.25, 0.3) is 5.91 Å². The van der Waals surface area contributed by atoms with Gasteiger partial charge >= 0.3 is 0 Å². The van der Waals surface area contributed by atoms with E-state index in [2.05, 4.69) is 10.3 Å². The van der Waals surface area contributed by atoms with E-state index in [4.69, 9.17) is 17.0 Å². The maximum atomic E-state index is 13.3. The number of hydrogen-bond acceptors (Lipinski definition) is 5. The molecule has 6 nitrogen and oxygen atoms in total. The van der Waals surface area contributed by atoms with Crippen LogP contribution in [0.3, 0.4) is 0 Å². The average Bonchev–Trinajstić information content (AvgIpc) is 2.99. The first-order valence-electron chi connectivity index (χ1n) is 8.96. The third kappa shape index (κ3) is 3.09. The van der Waals surface area contributed by atoms with Crippen molar-refractivity contribution >= 4 is 23.2 Å². The highest BCUT2D eigenvalue weighted by molar-refractivity contribution is 7.80. The molecule has 0 bridgehead atoms. The van der Waals surface area contributed by atoms with Gasteiger partial charge in [-0.2, -0.15) is 0 Å². The zero-order valence-electron chi connectivity index (χ0n) is 15.9. The summed E-state index contributed by atoms with van der Waals surface area (Å²) in [5.74, 6) is 0.622. The molecule has 1 aliphatic rings. The van der Waals surface area contributed by atoms with Crippen molar-refractivity contribution in [2.24, 2.45) is 0 Å². The number of nitrogens with zero attached hydrogens (tertiary/aromatic N) is 2. The Morgan fingerprint density at radius 3 is 2.48 bits per heavy atom. The van der Waals surface area contributed by atoms with Gasteiger partial charge in [0.05, 0.1) is 12.8 Å². The lowest BCUT2D eigenvalue weighted by Gasteiger charge is -2.27. The van der Waals surface area contributed by atoms with Crippen LogP contribution in [0.4, 0.5) is 0 Å². The number of phenolic OH excluding ortho intramolecular Hbond substituents is 1. The molecule has 0 aliphatic carbocycles. The molecule has 1 unspecified atom stereocenters. The topological polar surface area (TPSA) is 74.7 Å². The van der Waals surface area contributed by atoms with E-state index in [-0.39, 0.29) is 11.7 Å². The molecule has 1 amide bonds. The molecule has 1 aliphatic heterocycles. The fraction of sp³-hybridized carbons (Fsp3) is 0.136. The monoisotopic (exact) mass is 405 g/mol. The van der Waals surface area contributed by atoms with Gasteiger partial charge in [-0.05, 0) is 65.3 Å². The molecule has 2 heterocycles. The van der Waals surface area contributed by atoms with Crippen molar-refractivity contribution in [3.8, 4) is 22.6 Å². The normalized spacial score (nSPS) is 18.6. The van der Waals surface area contributed by atoms with Crippen molar-refractivity contribution in [2.45, 2.75) is 5.54 Å². The summed E-state index contributed by atoms with van der Waals surface area (Å²) in [5, 5.41) is 13.2. The lowest BCUT2D eigenvalue weighted by molar-refractivity contribution is -0.129. The van der Waals surface area contributed by atoms with Crippen LogP contribution in [-0.2, 0) is 10.3 Å². The molecule has 1 aromatic heterocycles. The van der Waals surface area contributed by atoms with Crippen LogP contribution in [0.2, 0.25) is 0 Å². The Labute approximate surface area is 173 Å². The fourth-order valence-electron chi connectivity index (χ4n) is 3.49. The number of benzene rings is 2. The first-order chi connectivity index (χ1) is 14.0. The van der Waals surface area contributed by atoms with Crippen molar-refractivity contribution in [3.05, 3.63) is 78.1 Å². The molecule has 2 N–H and O–H groups in total. The summed E-state index contributed by atoms with van der Waals surface area (Å²) in [5.41, 5.74) is 1.72. The Bertz CT molecular complexity index is 1100. The van der Waals surface area contributed by atoms with Gasteiger partial charge < -0.3 is 15.2 Å². The lowest BCUT2D eigenvalue weighted by Crippen LogP contribution is -2.45. The number of thiocarbonyl (C=S) groups is 1. The van der Waals surface area contributed by atoms with Gasteiger partial charge in [0.2, 0.25) is 0 Å². The Morgan fingerprint density at radius 1 is 1.10 bits per heavy atom. The SMILES string of the molecule is COc1cccc(-c2ccnc(C3(c4ccc(O)cc4)NC(=S)N(C)C3=O)c2)c1. The molecule has 29 heavy (non-hydrogen) atoms. The number of phenols is 1. The van der Waals surface area contributed by atoms with Crippen LogP contribution in [0, 0.1) is 0 Å². The van der Waals surface area contributed by atoms with Gasteiger partial charge in [0, 0.05) is 13.2 Å². The smallest absolute Gasteiger partial charge is 0.265 e. The summed E-state index contributed by atoms with van der Waals surface area (Å²) in [7, 11) is 3.25. The molecule has 0 radical (unpaired) electrons. The molecule has 0 saturated carbocycles. The molecule has 2 aromatic carbocycles. The number of ether oxygens (including phenoxy) is 1. The Hall–Kier alpha value is -3.45. The molecule has 3 aromatic rings. The number of amides is 1. The van der Waals surface area contributed by atoms with Gasteiger partial charge in [0.15, 0.2) is 10.7 Å². The Morgan fingerprint density at radius 2 is 1.83 bits per heavy atom. The van der Waals surface area contributed by atoms with E-state index in [0.29, 0.717) is 16.4 Å². The largest absolute Gasteiger partial charge is 0.508 e. The van der Waals surface area contributed by atoms with E-state index in [9.17, 15) is 9.90 Å². The molecule has 146 valence electrons. The number of carbonyl (C=O) groups is 1. The maximum Gasteiger partial charge on any atom is 0.265 e. The predicted octanol–water partition coefficient (Wildman–Crippen LogP) is 3.05. The van der Waals surface area contributed by atoms with Crippen LogP contribution >= 0.6 is 12.2 Å². The second kappa shape index (κ2) is 7.18. The van der Waals surface area contributed by atoms with Gasteiger partial charge in [-0.25, -0.2) is 0 Å². The minimum atomic E-state index is -1.27. The summed E-state index contributed by atoms with van der Waals surface area (Å²) in [6.07, 6.45) is 1.67. The second-order valence-corrected chi connectivity index (χ2v) is 7.14. The minimum Gasteiger partial charge on any atom is -0.508 e. The van der Waals surface area contributed by atoms with Crippen molar-refractivity contribution in [1.29, 1.82) is 0 Å². The van der Waals surface area contributed by atoms with Gasteiger partial charge in [0.1, 0.15) is 11.5 Å². The Balaban J connectivity index is 1.89. The predicted molar refractivity (Wildman–Crippen MR) is 114 cm³/mol. The quantitative estimate of drug-likeness (QED) is 0.650. The van der Waals surface area contributed by atoms with E-state index in [1.165, 1.54) is 4.90 Å². The lowest BCUT2D eigenvalue weighted by atomic mass is 9.85. The third-order valence-corrected chi connectivity index (χ3v) is 5.45. The number of nitrogens with one attached hydrogen (secondary N) is 1. The molecule has 7 heteroatoms. The zero-order valence-corrected chi connectivity index (χ0v) is 16.7. The standard InChI is InChI=1S/C22H19N3O3S/c1-25-20(27)22(24-21(25)29,16-6-8-17(26)9-7-16)19-13-15(10-11-23-19)14-4-3-5-18(12-14)28-2/h3-13,26H,1-2H3,(H,24,29). The average molecular weight is 405 g/mol. The maximum absolute atomic E-state index is 13.3. The van der Waals surface area contributed by atoms with Crippen LogP contribution in [-0.4, -0.2) is 40.2 Å². The molecular formula is C22H19N3O3S. The highest BCUT2D eigenvalue weighted by atomic mass is 32.1. The Kier molecular flexibility index (Phi) is 4.68. The number of aromatic nitrogens is 1. The molecule has 4 rings (SSSR count). The number of likely N-dealkylation sites (N-methyl/N-ethyl adjacent to an activating group) is 1. The molecule has 1 saturated heterocycles. The third-order valence-electron chi connectivity index (χ3n) is 5.07.